The quantitative estimate of drug-likeness (QED) is 0.268. The average molecular weight is 625 g/mol. The van der Waals surface area contributed by atoms with Crippen LogP contribution in [0.1, 0.15) is 109 Å². The second-order valence-corrected chi connectivity index (χ2v) is 13.6. The molecule has 0 spiro atoms. The maximum atomic E-state index is 14.1. The highest BCUT2D eigenvalue weighted by Crippen LogP contribution is 2.35. The van der Waals surface area contributed by atoms with Crippen molar-refractivity contribution in [1.82, 2.24) is 15.2 Å². The summed E-state index contributed by atoms with van der Waals surface area (Å²) >= 11 is 0. The minimum absolute atomic E-state index is 0.0832. The summed E-state index contributed by atoms with van der Waals surface area (Å²) in [6.45, 7) is 13.5. The molecule has 3 heterocycles. The summed E-state index contributed by atoms with van der Waals surface area (Å²) in [6, 6.07) is 14.0. The van der Waals surface area contributed by atoms with Gasteiger partial charge in [-0.05, 0) is 138 Å². The van der Waals surface area contributed by atoms with Crippen molar-refractivity contribution in [2.24, 2.45) is 0 Å². The van der Waals surface area contributed by atoms with Crippen molar-refractivity contribution in [3.05, 3.63) is 85.8 Å². The Bertz CT molecular complexity index is 1580. The molecule has 1 atom stereocenters. The number of aryl methyl sites for hydroxylation is 1. The predicted molar refractivity (Wildman–Crippen MR) is 187 cm³/mol. The predicted octanol–water partition coefficient (Wildman–Crippen LogP) is 7.02. The Hall–Kier alpha value is -3.42. The Labute approximate surface area is 274 Å². The number of nitrogens with one attached hydrogen (secondary N) is 2. The van der Waals surface area contributed by atoms with E-state index in [0.717, 1.165) is 91.9 Å². The molecule has 1 amide bonds. The van der Waals surface area contributed by atoms with Gasteiger partial charge < -0.3 is 19.9 Å². The van der Waals surface area contributed by atoms with Gasteiger partial charge in [0.25, 0.3) is 11.5 Å². The van der Waals surface area contributed by atoms with Crippen LogP contribution in [0.3, 0.4) is 0 Å². The van der Waals surface area contributed by atoms with Crippen LogP contribution in [0.4, 0.5) is 5.69 Å². The van der Waals surface area contributed by atoms with Crippen LogP contribution in [0.15, 0.2) is 41.2 Å². The number of ether oxygens (including phenoxy) is 1. The third-order valence-electron chi connectivity index (χ3n) is 10.9. The second-order valence-electron chi connectivity index (χ2n) is 13.6. The Morgan fingerprint density at radius 1 is 0.978 bits per heavy atom. The van der Waals surface area contributed by atoms with Gasteiger partial charge in [0, 0.05) is 60.9 Å². The van der Waals surface area contributed by atoms with E-state index < -0.39 is 0 Å². The number of rotatable bonds is 9. The van der Waals surface area contributed by atoms with Gasteiger partial charge in [-0.2, -0.15) is 0 Å². The summed E-state index contributed by atoms with van der Waals surface area (Å²) in [6.07, 6.45) is 9.94. The molecular weight excluding hydrogens is 572 g/mol. The summed E-state index contributed by atoms with van der Waals surface area (Å²) in [4.78, 5) is 35.2. The number of hydrogen-bond donors (Lipinski definition) is 2. The van der Waals surface area contributed by atoms with Crippen molar-refractivity contribution in [3.63, 3.8) is 0 Å². The van der Waals surface area contributed by atoms with Crippen molar-refractivity contribution in [2.45, 2.75) is 104 Å². The third-order valence-corrected chi connectivity index (χ3v) is 10.9. The van der Waals surface area contributed by atoms with E-state index in [1.807, 2.05) is 13.0 Å². The first kappa shape index (κ1) is 32.5. The fourth-order valence-electron chi connectivity index (χ4n) is 8.05. The van der Waals surface area contributed by atoms with Gasteiger partial charge in [-0.3, -0.25) is 14.5 Å². The minimum atomic E-state index is -0.136. The number of fused-ring (bicyclic) bond motifs is 1. The summed E-state index contributed by atoms with van der Waals surface area (Å²) in [7, 11) is 0. The van der Waals surface area contributed by atoms with E-state index >= 15 is 0 Å². The van der Waals surface area contributed by atoms with E-state index in [-0.39, 0.29) is 18.0 Å². The number of likely N-dealkylation sites (tertiary alicyclic amines) is 1. The minimum Gasteiger partial charge on any atom is -0.381 e. The summed E-state index contributed by atoms with van der Waals surface area (Å²) in [5.41, 5.74) is 10.2. The maximum absolute atomic E-state index is 14.1. The fraction of sp³-hybridized carbons (Fsp3) is 0.538. The van der Waals surface area contributed by atoms with Crippen molar-refractivity contribution < 1.29 is 9.53 Å². The van der Waals surface area contributed by atoms with Gasteiger partial charge >= 0.3 is 0 Å². The molecule has 1 aromatic heterocycles. The maximum Gasteiger partial charge on any atom is 0.253 e. The third kappa shape index (κ3) is 6.82. The van der Waals surface area contributed by atoms with Crippen LogP contribution in [0.5, 0.6) is 0 Å². The Balaban J connectivity index is 1.33. The zero-order valence-corrected chi connectivity index (χ0v) is 28.3. The summed E-state index contributed by atoms with van der Waals surface area (Å²) < 4.78 is 5.70. The number of benzene rings is 2. The highest BCUT2D eigenvalue weighted by Gasteiger charge is 2.26. The number of pyridine rings is 1. The van der Waals surface area contributed by atoms with E-state index in [1.54, 1.807) is 0 Å². The smallest absolute Gasteiger partial charge is 0.253 e. The normalized spacial score (nSPS) is 18.2. The molecule has 2 N–H and O–H groups in total. The zero-order valence-electron chi connectivity index (χ0n) is 28.3. The lowest BCUT2D eigenvalue weighted by molar-refractivity contribution is 0.0846. The van der Waals surface area contributed by atoms with Gasteiger partial charge in [-0.1, -0.05) is 30.7 Å². The summed E-state index contributed by atoms with van der Waals surface area (Å²) in [5, 5.41) is 3.17. The Kier molecular flexibility index (Phi) is 10.3. The standard InChI is InChI=1S/C39H52N4O3/c1-5-43(32-17-21-46-22-18-32)37-24-31(30-15-13-29(14-16-30)28(4)42-19-9-6-10-20-42)23-35(26(37)2)38(44)40-25-36-34-12-8-7-11-33(34)27(3)41-39(36)45/h13-16,23-24,28,32H,5-12,17-22,25H2,1-4H3,(H,40,44)(H,41,45)/t28-/m1/s1. The monoisotopic (exact) mass is 624 g/mol. The topological polar surface area (TPSA) is 77.7 Å². The number of H-pyrrole nitrogens is 1. The fourth-order valence-corrected chi connectivity index (χ4v) is 8.05. The van der Waals surface area contributed by atoms with Crippen molar-refractivity contribution in [2.75, 3.05) is 37.7 Å². The van der Waals surface area contributed by atoms with Crippen LogP contribution in [-0.4, -0.2) is 54.7 Å². The number of hydrogen-bond acceptors (Lipinski definition) is 5. The first-order valence-electron chi connectivity index (χ1n) is 17.7. The number of nitrogens with zero attached hydrogens (tertiary/aromatic N) is 2. The zero-order chi connectivity index (χ0) is 32.2. The van der Waals surface area contributed by atoms with Crippen molar-refractivity contribution in [1.29, 1.82) is 0 Å². The molecule has 0 saturated carbocycles. The number of carbonyl (C=O) groups excluding carboxylic acids is 1. The van der Waals surface area contributed by atoms with E-state index in [1.165, 1.54) is 43.5 Å². The summed E-state index contributed by atoms with van der Waals surface area (Å²) in [5.74, 6) is -0.136. The molecule has 2 aliphatic heterocycles. The molecule has 7 heteroatoms. The van der Waals surface area contributed by atoms with E-state index in [2.05, 4.69) is 71.2 Å². The molecule has 0 bridgehead atoms. The number of anilines is 1. The molecule has 6 rings (SSSR count). The van der Waals surface area contributed by atoms with Crippen LogP contribution >= 0.6 is 0 Å². The lowest BCUT2D eigenvalue weighted by atomic mass is 9.88. The van der Waals surface area contributed by atoms with Crippen molar-refractivity contribution in [3.8, 4) is 11.1 Å². The van der Waals surface area contributed by atoms with Gasteiger partial charge in [0.05, 0.1) is 0 Å². The largest absolute Gasteiger partial charge is 0.381 e. The van der Waals surface area contributed by atoms with Gasteiger partial charge in [0.15, 0.2) is 0 Å². The van der Waals surface area contributed by atoms with E-state index in [9.17, 15) is 9.59 Å². The lowest BCUT2D eigenvalue weighted by Crippen LogP contribution is -2.40. The molecule has 3 aromatic rings. The Morgan fingerprint density at radius 3 is 2.37 bits per heavy atom. The van der Waals surface area contributed by atoms with Crippen LogP contribution in [0.25, 0.3) is 11.1 Å². The van der Waals surface area contributed by atoms with Crippen molar-refractivity contribution >= 4 is 11.6 Å². The second kappa shape index (κ2) is 14.6. The van der Waals surface area contributed by atoms with Gasteiger partial charge in [0.1, 0.15) is 0 Å². The highest BCUT2D eigenvalue weighted by molar-refractivity contribution is 5.99. The SMILES string of the molecule is CCN(c1cc(-c2ccc([C@@H](C)N3CCCCC3)cc2)cc(C(=O)NCc2c3c(c(C)[nH]c2=O)CCCC3)c1C)C1CCOCC1. The number of amides is 1. The molecule has 3 aliphatic rings. The van der Waals surface area contributed by atoms with Crippen LogP contribution in [0, 0.1) is 13.8 Å². The Morgan fingerprint density at radius 2 is 1.67 bits per heavy atom. The number of aromatic amines is 1. The highest BCUT2D eigenvalue weighted by atomic mass is 16.5. The molecule has 0 unspecified atom stereocenters. The van der Waals surface area contributed by atoms with Crippen LogP contribution in [0.2, 0.25) is 0 Å². The number of piperidine rings is 1. The number of aromatic nitrogens is 1. The van der Waals surface area contributed by atoms with Crippen LogP contribution < -0.4 is 15.8 Å². The molecule has 1 aliphatic carbocycles. The van der Waals surface area contributed by atoms with E-state index in [4.69, 9.17) is 4.74 Å². The van der Waals surface area contributed by atoms with Crippen LogP contribution in [-0.2, 0) is 24.1 Å². The molecule has 2 aromatic carbocycles. The number of carbonyl (C=O) groups is 1. The van der Waals surface area contributed by atoms with E-state index in [0.29, 0.717) is 23.2 Å². The van der Waals surface area contributed by atoms with Gasteiger partial charge in [0.2, 0.25) is 0 Å². The molecular formula is C39H52N4O3. The lowest BCUT2D eigenvalue weighted by Gasteiger charge is -2.37. The first-order valence-corrected chi connectivity index (χ1v) is 17.7. The molecule has 0 radical (unpaired) electrons. The molecule has 2 saturated heterocycles. The molecule has 7 nitrogen and oxygen atoms in total. The van der Waals surface area contributed by atoms with Gasteiger partial charge in [-0.25, -0.2) is 0 Å². The van der Waals surface area contributed by atoms with Gasteiger partial charge in [-0.15, -0.1) is 0 Å². The molecule has 246 valence electrons. The average Bonchev–Trinajstić information content (AvgIpc) is 3.09. The molecule has 46 heavy (non-hydrogen) atoms. The first-order chi connectivity index (χ1) is 22.4. The molecule has 2 fully saturated rings.